The topological polar surface area (TPSA) is 57.1 Å². The molecule has 0 aromatic carbocycles. The average molecular weight is 225 g/mol. The quantitative estimate of drug-likeness (QED) is 0.280. The van der Waals surface area contributed by atoms with Crippen molar-refractivity contribution in [3.8, 4) is 0 Å². The fraction of sp³-hybridized carbons (Fsp3) is 0.857. The summed E-state index contributed by atoms with van der Waals surface area (Å²) in [5.41, 5.74) is 0. The SMILES string of the molecule is C[O][Ti]([CH2]CCN=C=O)([O]C)[O]C. The van der Waals surface area contributed by atoms with Crippen molar-refractivity contribution in [2.75, 3.05) is 27.9 Å². The third kappa shape index (κ3) is 4.67. The van der Waals surface area contributed by atoms with Crippen molar-refractivity contribution in [2.24, 2.45) is 4.99 Å². The molecule has 0 fully saturated rings. The summed E-state index contributed by atoms with van der Waals surface area (Å²) in [7, 11) is 4.74. The summed E-state index contributed by atoms with van der Waals surface area (Å²) < 4.78 is 16.4. The number of aliphatic imine (C=N–C) groups is 1. The van der Waals surface area contributed by atoms with Gasteiger partial charge in [-0.15, -0.1) is 0 Å². The van der Waals surface area contributed by atoms with Gasteiger partial charge in [-0.1, -0.05) is 0 Å². The van der Waals surface area contributed by atoms with Crippen LogP contribution in [0.1, 0.15) is 6.42 Å². The summed E-state index contributed by atoms with van der Waals surface area (Å²) in [4.78, 5) is 13.2. The molecule has 0 aliphatic carbocycles. The predicted octanol–water partition coefficient (Wildman–Crippen LogP) is 0.969. The zero-order valence-corrected chi connectivity index (χ0v) is 9.76. The Morgan fingerprint density at radius 3 is 2.15 bits per heavy atom. The molecule has 0 unspecified atom stereocenters. The van der Waals surface area contributed by atoms with E-state index in [2.05, 4.69) is 4.99 Å². The molecule has 0 aromatic rings. The molecule has 0 N–H and O–H groups in total. The summed E-state index contributed by atoms with van der Waals surface area (Å²) >= 11 is -2.96. The van der Waals surface area contributed by atoms with Crippen molar-refractivity contribution in [3.05, 3.63) is 0 Å². The fourth-order valence-electron chi connectivity index (χ4n) is 0.976. The maximum atomic E-state index is 9.77. The van der Waals surface area contributed by atoms with Crippen LogP contribution in [0.25, 0.3) is 0 Å². The van der Waals surface area contributed by atoms with Gasteiger partial charge in [0.15, 0.2) is 0 Å². The number of hydrogen-bond acceptors (Lipinski definition) is 5. The van der Waals surface area contributed by atoms with Crippen LogP contribution in [0.3, 0.4) is 0 Å². The van der Waals surface area contributed by atoms with Crippen LogP contribution in [0.4, 0.5) is 0 Å². The molecule has 0 atom stereocenters. The Bertz CT molecular complexity index is 169. The van der Waals surface area contributed by atoms with E-state index in [0.29, 0.717) is 11.3 Å². The molecule has 0 spiro atoms. The van der Waals surface area contributed by atoms with E-state index in [1.165, 1.54) is 6.08 Å². The second-order valence-electron chi connectivity index (χ2n) is 2.37. The van der Waals surface area contributed by atoms with E-state index in [9.17, 15) is 4.79 Å². The van der Waals surface area contributed by atoms with E-state index >= 15 is 0 Å². The number of carbonyl (C=O) groups excluding carboxylic acids is 1. The minimum absolute atomic E-state index is 0.451. The first-order chi connectivity index (χ1) is 6.24. The van der Waals surface area contributed by atoms with Crippen LogP contribution in [-0.2, 0) is 32.5 Å². The molecule has 0 bridgehead atoms. The van der Waals surface area contributed by atoms with Gasteiger partial charge < -0.3 is 0 Å². The van der Waals surface area contributed by atoms with Gasteiger partial charge in [-0.3, -0.25) is 0 Å². The Morgan fingerprint density at radius 2 is 1.77 bits per heavy atom. The van der Waals surface area contributed by atoms with Crippen molar-refractivity contribution < 1.29 is 32.5 Å². The van der Waals surface area contributed by atoms with Crippen LogP contribution in [-0.4, -0.2) is 34.0 Å². The Labute approximate surface area is 82.9 Å². The van der Waals surface area contributed by atoms with E-state index in [-0.39, 0.29) is 0 Å². The molecule has 0 saturated carbocycles. The van der Waals surface area contributed by atoms with Crippen molar-refractivity contribution >= 4 is 6.08 Å². The van der Waals surface area contributed by atoms with E-state index < -0.39 is 17.8 Å². The molecule has 13 heavy (non-hydrogen) atoms. The molecule has 0 aromatic heterocycles. The molecule has 0 rings (SSSR count). The number of isocyanates is 1. The van der Waals surface area contributed by atoms with Gasteiger partial charge in [0.1, 0.15) is 0 Å². The van der Waals surface area contributed by atoms with Crippen molar-refractivity contribution in [1.82, 2.24) is 0 Å². The van der Waals surface area contributed by atoms with Crippen LogP contribution in [0.15, 0.2) is 4.99 Å². The molecule has 76 valence electrons. The fourth-order valence-corrected chi connectivity index (χ4v) is 3.64. The maximum absolute atomic E-state index is 9.77. The van der Waals surface area contributed by atoms with Crippen LogP contribution in [0.2, 0.25) is 4.73 Å². The van der Waals surface area contributed by atoms with Crippen molar-refractivity contribution in [1.29, 1.82) is 0 Å². The van der Waals surface area contributed by atoms with Crippen LogP contribution < -0.4 is 0 Å². The van der Waals surface area contributed by atoms with Crippen LogP contribution >= 0.6 is 0 Å². The van der Waals surface area contributed by atoms with Gasteiger partial charge in [-0.05, 0) is 0 Å². The molecule has 0 amide bonds. The molecule has 0 heterocycles. The Balaban J connectivity index is 3.87. The van der Waals surface area contributed by atoms with E-state index in [0.717, 1.165) is 6.42 Å². The number of rotatable bonds is 7. The van der Waals surface area contributed by atoms with Crippen LogP contribution in [0.5, 0.6) is 0 Å². The van der Waals surface area contributed by atoms with Gasteiger partial charge in [-0.2, -0.15) is 0 Å². The zero-order valence-electron chi connectivity index (χ0n) is 8.20. The first-order valence-corrected chi connectivity index (χ1v) is 6.95. The Morgan fingerprint density at radius 1 is 1.23 bits per heavy atom. The normalized spacial score (nSPS) is 11.0. The predicted molar refractivity (Wildman–Crippen MR) is 43.4 cm³/mol. The molecule has 0 aliphatic heterocycles. The summed E-state index contributed by atoms with van der Waals surface area (Å²) in [5.74, 6) is 0. The minimum atomic E-state index is -2.96. The summed E-state index contributed by atoms with van der Waals surface area (Å²) in [6.45, 7) is 0.451. The molecule has 0 radical (unpaired) electrons. The molecule has 0 saturated heterocycles. The monoisotopic (exact) mass is 225 g/mol. The molecular formula is C7H15NO4Ti. The average Bonchev–Trinajstić information content (AvgIpc) is 2.20. The second-order valence-corrected chi connectivity index (χ2v) is 7.20. The molecule has 0 aliphatic rings. The molecule has 5 nitrogen and oxygen atoms in total. The van der Waals surface area contributed by atoms with Gasteiger partial charge in [0.25, 0.3) is 0 Å². The van der Waals surface area contributed by atoms with E-state index in [4.69, 9.17) is 9.96 Å². The summed E-state index contributed by atoms with van der Waals surface area (Å²) in [6, 6.07) is 0. The van der Waals surface area contributed by atoms with Crippen molar-refractivity contribution in [2.45, 2.75) is 11.1 Å². The third-order valence-corrected chi connectivity index (χ3v) is 6.17. The first-order valence-electron chi connectivity index (χ1n) is 3.93. The van der Waals surface area contributed by atoms with Gasteiger partial charge in [0.05, 0.1) is 0 Å². The summed E-state index contributed by atoms with van der Waals surface area (Å²) in [6.07, 6.45) is 2.21. The Kier molecular flexibility index (Phi) is 7.37. The van der Waals surface area contributed by atoms with Gasteiger partial charge in [0.2, 0.25) is 0 Å². The molecular weight excluding hydrogens is 210 g/mol. The standard InChI is InChI=1S/C4H6NO.3CH3O.Ti/c1-2-3-5-4-6;3*1-2;/h1-3H2;3*1H3;/q;3*-1;+3. The zero-order chi connectivity index (χ0) is 10.2. The third-order valence-electron chi connectivity index (χ3n) is 1.75. The first kappa shape index (κ1) is 13.0. The van der Waals surface area contributed by atoms with E-state index in [1.54, 1.807) is 21.3 Å². The number of hydrogen-bond donors (Lipinski definition) is 0. The second kappa shape index (κ2) is 7.38. The van der Waals surface area contributed by atoms with Crippen LogP contribution in [0, 0.1) is 0 Å². The van der Waals surface area contributed by atoms with Gasteiger partial charge in [0, 0.05) is 0 Å². The number of nitrogens with zero attached hydrogens (tertiary/aromatic N) is 1. The van der Waals surface area contributed by atoms with Gasteiger partial charge >= 0.3 is 82.6 Å². The summed E-state index contributed by atoms with van der Waals surface area (Å²) in [5, 5.41) is 0. The van der Waals surface area contributed by atoms with Crippen molar-refractivity contribution in [3.63, 3.8) is 0 Å². The molecule has 6 heteroatoms. The van der Waals surface area contributed by atoms with Gasteiger partial charge in [-0.25, -0.2) is 0 Å². The van der Waals surface area contributed by atoms with E-state index in [1.807, 2.05) is 0 Å². The Hall–Kier alpha value is -0.0257.